The third kappa shape index (κ3) is 4.57. The van der Waals surface area contributed by atoms with Gasteiger partial charge in [-0.3, -0.25) is 0 Å². The molecular formula is C23H34N4S. The molecule has 2 aromatic rings. The Labute approximate surface area is 173 Å². The molecular weight excluding hydrogens is 364 g/mol. The van der Waals surface area contributed by atoms with E-state index in [0.717, 1.165) is 24.0 Å². The van der Waals surface area contributed by atoms with E-state index < -0.39 is 0 Å². The fraction of sp³-hybridized carbons (Fsp3) is 0.652. The zero-order valence-electron chi connectivity index (χ0n) is 17.8. The average Bonchev–Trinajstić information content (AvgIpc) is 3.15. The summed E-state index contributed by atoms with van der Waals surface area (Å²) in [4.78, 5) is 3.90. The van der Waals surface area contributed by atoms with Crippen LogP contribution in [0.3, 0.4) is 0 Å². The van der Waals surface area contributed by atoms with Gasteiger partial charge in [0.15, 0.2) is 0 Å². The van der Waals surface area contributed by atoms with Crippen LogP contribution in [0.25, 0.3) is 10.6 Å². The number of aryl methyl sites for hydroxylation is 1. The predicted octanol–water partition coefficient (Wildman–Crippen LogP) is 5.46. The van der Waals surface area contributed by atoms with E-state index >= 15 is 0 Å². The highest BCUT2D eigenvalue weighted by molar-refractivity contribution is 7.13. The molecule has 1 saturated carbocycles. The summed E-state index contributed by atoms with van der Waals surface area (Å²) in [5.41, 5.74) is 3.30. The molecule has 0 amide bonds. The van der Waals surface area contributed by atoms with Gasteiger partial charge in [0.2, 0.25) is 0 Å². The molecule has 28 heavy (non-hydrogen) atoms. The van der Waals surface area contributed by atoms with Crippen molar-refractivity contribution in [3.8, 4) is 10.6 Å². The highest BCUT2D eigenvalue weighted by Gasteiger charge is 2.54. The first kappa shape index (κ1) is 19.8. The van der Waals surface area contributed by atoms with Crippen LogP contribution in [0.2, 0.25) is 0 Å². The Balaban J connectivity index is 1.23. The number of nitrogens with one attached hydrogen (secondary N) is 1. The summed E-state index contributed by atoms with van der Waals surface area (Å²) >= 11 is 1.73. The van der Waals surface area contributed by atoms with E-state index in [9.17, 15) is 0 Å². The van der Waals surface area contributed by atoms with Crippen LogP contribution < -0.4 is 5.32 Å². The maximum atomic E-state index is 4.43. The fourth-order valence-corrected chi connectivity index (χ4v) is 5.35. The molecule has 1 atom stereocenters. The van der Waals surface area contributed by atoms with Crippen LogP contribution in [0.15, 0.2) is 23.6 Å². The molecule has 5 heteroatoms. The molecule has 4 nitrogen and oxygen atoms in total. The van der Waals surface area contributed by atoms with Crippen LogP contribution in [0, 0.1) is 23.7 Å². The monoisotopic (exact) mass is 398 g/mol. The molecule has 1 saturated heterocycles. The maximum absolute atomic E-state index is 4.43. The first-order valence-corrected chi connectivity index (χ1v) is 11.6. The molecule has 0 radical (unpaired) electrons. The van der Waals surface area contributed by atoms with Gasteiger partial charge in [-0.05, 0) is 98.1 Å². The summed E-state index contributed by atoms with van der Waals surface area (Å²) in [6.45, 7) is 14.0. The van der Waals surface area contributed by atoms with Gasteiger partial charge in [-0.15, -0.1) is 21.5 Å². The van der Waals surface area contributed by atoms with Gasteiger partial charge in [0.05, 0.1) is 4.88 Å². The second-order valence-electron chi connectivity index (χ2n) is 10.0. The number of hydrogen-bond acceptors (Lipinski definition) is 5. The van der Waals surface area contributed by atoms with Crippen molar-refractivity contribution in [1.29, 1.82) is 0 Å². The number of thiophene rings is 1. The average molecular weight is 399 g/mol. The summed E-state index contributed by atoms with van der Waals surface area (Å²) in [5.74, 6) is 1.71. The van der Waals surface area contributed by atoms with Crippen LogP contribution in [-0.2, 0) is 0 Å². The minimum atomic E-state index is 0.444. The molecule has 2 fully saturated rings. The molecule has 1 unspecified atom stereocenters. The van der Waals surface area contributed by atoms with Crippen molar-refractivity contribution >= 4 is 17.2 Å². The van der Waals surface area contributed by atoms with E-state index in [1.54, 1.807) is 11.3 Å². The van der Waals surface area contributed by atoms with E-state index in [0.29, 0.717) is 10.8 Å². The van der Waals surface area contributed by atoms with Gasteiger partial charge in [0.1, 0.15) is 11.5 Å². The van der Waals surface area contributed by atoms with Crippen molar-refractivity contribution in [2.75, 3.05) is 31.5 Å². The minimum absolute atomic E-state index is 0.444. The number of nitrogens with zero attached hydrogens (tertiary/aromatic N) is 3. The molecule has 152 valence electrons. The van der Waals surface area contributed by atoms with Gasteiger partial charge in [0.25, 0.3) is 0 Å². The lowest BCUT2D eigenvalue weighted by Crippen LogP contribution is -2.37. The molecule has 4 rings (SSSR count). The predicted molar refractivity (Wildman–Crippen MR) is 119 cm³/mol. The topological polar surface area (TPSA) is 41.0 Å². The molecule has 3 heterocycles. The number of likely N-dealkylation sites (tertiary alicyclic amines) is 1. The highest BCUT2D eigenvalue weighted by Crippen LogP contribution is 2.59. The number of rotatable bonds is 6. The van der Waals surface area contributed by atoms with Crippen LogP contribution in [0.4, 0.5) is 5.82 Å². The van der Waals surface area contributed by atoms with Gasteiger partial charge in [-0.1, -0.05) is 20.8 Å². The molecule has 2 aromatic heterocycles. The standard InChI is InChI=1S/C23H34N4S/c1-17-7-14-28-21(17)19-5-6-20(26-25-19)24-16-18-15-23(18)9-12-27(13-10-23)11-8-22(2,3)4/h5-7,14,18H,8-13,15-16H2,1-4H3,(H,24,26). The fourth-order valence-electron chi connectivity index (χ4n) is 4.46. The van der Waals surface area contributed by atoms with Gasteiger partial charge >= 0.3 is 0 Å². The molecule has 0 bridgehead atoms. The van der Waals surface area contributed by atoms with Crippen molar-refractivity contribution in [1.82, 2.24) is 15.1 Å². The Morgan fingerprint density at radius 1 is 1.18 bits per heavy atom. The Kier molecular flexibility index (Phi) is 5.49. The molecule has 2 aliphatic rings. The highest BCUT2D eigenvalue weighted by atomic mass is 32.1. The third-order valence-corrected chi connectivity index (χ3v) is 7.72. The number of piperidine rings is 1. The lowest BCUT2D eigenvalue weighted by atomic mass is 9.88. The lowest BCUT2D eigenvalue weighted by Gasteiger charge is -2.34. The second kappa shape index (κ2) is 7.75. The minimum Gasteiger partial charge on any atom is -0.368 e. The molecule has 1 spiro atoms. The Morgan fingerprint density at radius 3 is 2.57 bits per heavy atom. The smallest absolute Gasteiger partial charge is 0.148 e. The zero-order valence-corrected chi connectivity index (χ0v) is 18.6. The Bertz CT molecular complexity index is 782. The first-order valence-electron chi connectivity index (χ1n) is 10.7. The van der Waals surface area contributed by atoms with Gasteiger partial charge < -0.3 is 10.2 Å². The normalized spacial score (nSPS) is 21.8. The molecule has 1 N–H and O–H groups in total. The largest absolute Gasteiger partial charge is 0.368 e. The van der Waals surface area contributed by atoms with E-state index in [1.165, 1.54) is 55.8 Å². The van der Waals surface area contributed by atoms with Crippen molar-refractivity contribution in [3.63, 3.8) is 0 Å². The van der Waals surface area contributed by atoms with Crippen LogP contribution in [-0.4, -0.2) is 41.3 Å². The maximum Gasteiger partial charge on any atom is 0.148 e. The summed E-state index contributed by atoms with van der Waals surface area (Å²) in [5, 5.41) is 14.5. The van der Waals surface area contributed by atoms with Gasteiger partial charge in [-0.25, -0.2) is 0 Å². The molecule has 1 aliphatic carbocycles. The number of aromatic nitrogens is 2. The summed E-state index contributed by atoms with van der Waals surface area (Å²) in [6.07, 6.45) is 5.41. The zero-order chi connectivity index (χ0) is 19.8. The lowest BCUT2D eigenvalue weighted by molar-refractivity contribution is 0.147. The van der Waals surface area contributed by atoms with Crippen LogP contribution in [0.5, 0.6) is 0 Å². The van der Waals surface area contributed by atoms with Crippen LogP contribution >= 0.6 is 11.3 Å². The Hall–Kier alpha value is -1.46. The summed E-state index contributed by atoms with van der Waals surface area (Å²) in [7, 11) is 0. The first-order chi connectivity index (χ1) is 13.3. The third-order valence-electron chi connectivity index (χ3n) is 6.68. The van der Waals surface area contributed by atoms with Crippen molar-refractivity contribution in [2.45, 2.75) is 53.4 Å². The van der Waals surface area contributed by atoms with Crippen molar-refractivity contribution in [2.24, 2.45) is 16.7 Å². The summed E-state index contributed by atoms with van der Waals surface area (Å²) < 4.78 is 0. The SMILES string of the molecule is Cc1ccsc1-c1ccc(NCC2CC23CCN(CCC(C)(C)C)CC3)nn1. The van der Waals surface area contributed by atoms with Gasteiger partial charge in [0, 0.05) is 6.54 Å². The quantitative estimate of drug-likeness (QED) is 0.701. The van der Waals surface area contributed by atoms with E-state index in [-0.39, 0.29) is 0 Å². The van der Waals surface area contributed by atoms with Crippen LogP contribution in [0.1, 0.15) is 52.0 Å². The molecule has 0 aromatic carbocycles. The van der Waals surface area contributed by atoms with E-state index in [1.807, 2.05) is 0 Å². The van der Waals surface area contributed by atoms with Crippen molar-refractivity contribution < 1.29 is 0 Å². The van der Waals surface area contributed by atoms with Gasteiger partial charge in [-0.2, -0.15) is 0 Å². The summed E-state index contributed by atoms with van der Waals surface area (Å²) in [6, 6.07) is 6.30. The Morgan fingerprint density at radius 2 is 1.96 bits per heavy atom. The molecule has 1 aliphatic heterocycles. The van der Waals surface area contributed by atoms with E-state index in [4.69, 9.17) is 0 Å². The van der Waals surface area contributed by atoms with E-state index in [2.05, 4.69) is 71.7 Å². The number of hydrogen-bond donors (Lipinski definition) is 1. The second-order valence-corrected chi connectivity index (χ2v) is 10.9. The van der Waals surface area contributed by atoms with Crippen molar-refractivity contribution in [3.05, 3.63) is 29.1 Å². The number of anilines is 1.